The van der Waals surface area contributed by atoms with Crippen molar-refractivity contribution in [2.45, 2.75) is 13.0 Å². The lowest BCUT2D eigenvalue weighted by Crippen LogP contribution is -2.28. The molecule has 2 aromatic carbocycles. The Morgan fingerprint density at radius 1 is 0.935 bits per heavy atom. The van der Waals surface area contributed by atoms with Crippen molar-refractivity contribution in [3.05, 3.63) is 47.5 Å². The number of aromatic nitrogens is 1. The second-order valence-electron chi connectivity index (χ2n) is 7.35. The number of hydrogen-bond donors (Lipinski definition) is 0. The van der Waals surface area contributed by atoms with E-state index in [1.54, 1.807) is 28.4 Å². The molecule has 0 N–H and O–H groups in total. The van der Waals surface area contributed by atoms with E-state index in [0.717, 1.165) is 65.3 Å². The monoisotopic (exact) mass is 424 g/mol. The SMILES string of the molecule is COc1cccc(CCN2CCOc3nc4c(OC)ccc(OC)c4cc3C2)c1OC. The quantitative estimate of drug-likeness (QED) is 0.573. The Morgan fingerprint density at radius 3 is 2.45 bits per heavy atom. The Morgan fingerprint density at radius 2 is 1.71 bits per heavy atom. The first-order valence-corrected chi connectivity index (χ1v) is 10.3. The molecule has 0 atom stereocenters. The molecule has 2 heterocycles. The molecule has 1 aliphatic rings. The van der Waals surface area contributed by atoms with Crippen molar-refractivity contribution in [1.82, 2.24) is 9.88 Å². The van der Waals surface area contributed by atoms with Crippen LogP contribution in [0.4, 0.5) is 0 Å². The van der Waals surface area contributed by atoms with Gasteiger partial charge >= 0.3 is 0 Å². The molecule has 3 aromatic rings. The van der Waals surface area contributed by atoms with Gasteiger partial charge in [-0.3, -0.25) is 4.90 Å². The van der Waals surface area contributed by atoms with E-state index >= 15 is 0 Å². The number of fused-ring (bicyclic) bond motifs is 2. The molecule has 1 aromatic heterocycles. The summed E-state index contributed by atoms with van der Waals surface area (Å²) in [4.78, 5) is 7.13. The number of pyridine rings is 1. The minimum absolute atomic E-state index is 0.576. The molecule has 0 saturated heterocycles. The lowest BCUT2D eigenvalue weighted by atomic mass is 10.1. The first kappa shape index (κ1) is 21.1. The molecular weight excluding hydrogens is 396 g/mol. The molecule has 7 nitrogen and oxygen atoms in total. The van der Waals surface area contributed by atoms with Crippen LogP contribution in [0.3, 0.4) is 0 Å². The number of rotatable bonds is 7. The van der Waals surface area contributed by atoms with Gasteiger partial charge < -0.3 is 23.7 Å². The van der Waals surface area contributed by atoms with E-state index in [-0.39, 0.29) is 0 Å². The maximum Gasteiger partial charge on any atom is 0.218 e. The van der Waals surface area contributed by atoms with E-state index in [0.29, 0.717) is 18.2 Å². The predicted octanol–water partition coefficient (Wildman–Crippen LogP) is 3.71. The topological polar surface area (TPSA) is 62.3 Å². The maximum absolute atomic E-state index is 6.00. The van der Waals surface area contributed by atoms with Crippen LogP contribution in [0, 0.1) is 0 Å². The van der Waals surface area contributed by atoms with Crippen molar-refractivity contribution in [2.75, 3.05) is 48.1 Å². The highest BCUT2D eigenvalue weighted by Gasteiger charge is 2.21. The summed E-state index contributed by atoms with van der Waals surface area (Å²) < 4.78 is 28.1. The number of ether oxygens (including phenoxy) is 5. The van der Waals surface area contributed by atoms with Crippen molar-refractivity contribution in [3.8, 4) is 28.9 Å². The summed E-state index contributed by atoms with van der Waals surface area (Å²) >= 11 is 0. The number of hydrogen-bond acceptors (Lipinski definition) is 7. The second-order valence-corrected chi connectivity index (χ2v) is 7.35. The third-order valence-electron chi connectivity index (χ3n) is 5.61. The molecule has 0 fully saturated rings. The lowest BCUT2D eigenvalue weighted by molar-refractivity contribution is 0.224. The Hall–Kier alpha value is -3.19. The minimum atomic E-state index is 0.576. The summed E-state index contributed by atoms with van der Waals surface area (Å²) in [6, 6.07) is 11.9. The average molecular weight is 424 g/mol. The van der Waals surface area contributed by atoms with Crippen molar-refractivity contribution < 1.29 is 23.7 Å². The van der Waals surface area contributed by atoms with Crippen molar-refractivity contribution in [3.63, 3.8) is 0 Å². The van der Waals surface area contributed by atoms with Gasteiger partial charge in [0.15, 0.2) is 11.5 Å². The highest BCUT2D eigenvalue weighted by atomic mass is 16.5. The summed E-state index contributed by atoms with van der Waals surface area (Å²) in [6.45, 7) is 2.99. The molecule has 0 unspecified atom stereocenters. The zero-order valence-corrected chi connectivity index (χ0v) is 18.4. The normalized spacial score (nSPS) is 13.8. The Bertz CT molecular complexity index is 1070. The lowest BCUT2D eigenvalue weighted by Gasteiger charge is -2.20. The molecule has 4 rings (SSSR count). The van der Waals surface area contributed by atoms with Gasteiger partial charge in [0, 0.05) is 30.6 Å². The second kappa shape index (κ2) is 9.31. The summed E-state index contributed by atoms with van der Waals surface area (Å²) in [5, 5.41) is 0.917. The van der Waals surface area contributed by atoms with Crippen LogP contribution in [-0.2, 0) is 13.0 Å². The van der Waals surface area contributed by atoms with Gasteiger partial charge in [-0.25, -0.2) is 4.98 Å². The molecule has 0 spiro atoms. The molecule has 0 bridgehead atoms. The van der Waals surface area contributed by atoms with Crippen molar-refractivity contribution in [1.29, 1.82) is 0 Å². The molecular formula is C24H28N2O5. The summed E-state index contributed by atoms with van der Waals surface area (Å²) in [7, 11) is 6.64. The fourth-order valence-electron chi connectivity index (χ4n) is 4.03. The molecule has 1 aliphatic heterocycles. The highest BCUT2D eigenvalue weighted by molar-refractivity contribution is 5.91. The largest absolute Gasteiger partial charge is 0.496 e. The van der Waals surface area contributed by atoms with Crippen LogP contribution in [0.1, 0.15) is 11.1 Å². The Labute approximate surface area is 182 Å². The molecule has 164 valence electrons. The first-order valence-electron chi connectivity index (χ1n) is 10.3. The van der Waals surface area contributed by atoms with E-state index in [1.165, 1.54) is 0 Å². The third-order valence-corrected chi connectivity index (χ3v) is 5.61. The summed E-state index contributed by atoms with van der Waals surface area (Å²) in [5.74, 6) is 3.67. The fourth-order valence-corrected chi connectivity index (χ4v) is 4.03. The highest BCUT2D eigenvalue weighted by Crippen LogP contribution is 2.36. The third kappa shape index (κ3) is 4.18. The average Bonchev–Trinajstić information content (AvgIpc) is 3.01. The maximum atomic E-state index is 6.00. The van der Waals surface area contributed by atoms with Crippen LogP contribution in [-0.4, -0.2) is 58.0 Å². The van der Waals surface area contributed by atoms with Gasteiger partial charge in [0.2, 0.25) is 5.88 Å². The smallest absolute Gasteiger partial charge is 0.218 e. The van der Waals surface area contributed by atoms with E-state index in [1.807, 2.05) is 24.3 Å². The summed E-state index contributed by atoms with van der Waals surface area (Å²) in [5.41, 5.74) is 2.90. The summed E-state index contributed by atoms with van der Waals surface area (Å²) in [6.07, 6.45) is 0.841. The van der Waals surface area contributed by atoms with Crippen LogP contribution in [0.15, 0.2) is 36.4 Å². The molecule has 0 saturated carbocycles. The molecule has 31 heavy (non-hydrogen) atoms. The molecule has 0 amide bonds. The van der Waals surface area contributed by atoms with Gasteiger partial charge in [0.05, 0.1) is 28.4 Å². The van der Waals surface area contributed by atoms with Crippen LogP contribution in [0.5, 0.6) is 28.9 Å². The van der Waals surface area contributed by atoms with Gasteiger partial charge in [-0.05, 0) is 36.2 Å². The minimum Gasteiger partial charge on any atom is -0.496 e. The van der Waals surface area contributed by atoms with Crippen LogP contribution >= 0.6 is 0 Å². The van der Waals surface area contributed by atoms with E-state index in [4.69, 9.17) is 28.7 Å². The zero-order chi connectivity index (χ0) is 21.8. The van der Waals surface area contributed by atoms with Crippen LogP contribution in [0.25, 0.3) is 10.9 Å². The van der Waals surface area contributed by atoms with Gasteiger partial charge in [-0.2, -0.15) is 0 Å². The van der Waals surface area contributed by atoms with Gasteiger partial charge in [0.25, 0.3) is 0 Å². The van der Waals surface area contributed by atoms with Crippen molar-refractivity contribution >= 4 is 10.9 Å². The first-order chi connectivity index (χ1) is 15.2. The fraction of sp³-hybridized carbons (Fsp3) is 0.375. The van der Waals surface area contributed by atoms with Gasteiger partial charge in [-0.15, -0.1) is 0 Å². The van der Waals surface area contributed by atoms with Gasteiger partial charge in [0.1, 0.15) is 23.6 Å². The molecule has 0 aliphatic carbocycles. The van der Waals surface area contributed by atoms with Crippen molar-refractivity contribution in [2.24, 2.45) is 0 Å². The van der Waals surface area contributed by atoms with Crippen LogP contribution < -0.4 is 23.7 Å². The zero-order valence-electron chi connectivity index (χ0n) is 18.4. The van der Waals surface area contributed by atoms with E-state index < -0.39 is 0 Å². The van der Waals surface area contributed by atoms with E-state index in [9.17, 15) is 0 Å². The number of para-hydroxylation sites is 1. The number of methoxy groups -OCH3 is 4. The predicted molar refractivity (Wildman–Crippen MR) is 119 cm³/mol. The van der Waals surface area contributed by atoms with Crippen LogP contribution in [0.2, 0.25) is 0 Å². The standard InChI is InChI=1S/C24H28N2O5/c1-27-19-8-9-20(28-2)22-18(19)14-17-15-26(12-13-31-24(17)25-22)11-10-16-6-5-7-21(29-3)23(16)30-4/h5-9,14H,10-13,15H2,1-4H3. The van der Waals surface area contributed by atoms with Gasteiger partial charge in [-0.1, -0.05) is 12.1 Å². The molecule has 7 heteroatoms. The molecule has 0 radical (unpaired) electrons. The van der Waals surface area contributed by atoms with E-state index in [2.05, 4.69) is 17.0 Å². The number of benzene rings is 2. The number of nitrogens with zero attached hydrogens (tertiary/aromatic N) is 2. The Balaban J connectivity index is 1.59. The Kier molecular flexibility index (Phi) is 6.32.